The number of rotatable bonds is 2. The molecular weight excluding hydrogens is 146 g/mol. The van der Waals surface area contributed by atoms with Crippen LogP contribution in [-0.4, -0.2) is 39.6 Å². The molecule has 0 aromatic carbocycles. The maximum atomic E-state index is 5.78. The van der Waals surface area contributed by atoms with Crippen molar-refractivity contribution < 1.29 is 2.85 Å². The summed E-state index contributed by atoms with van der Waals surface area (Å²) in [6, 6.07) is 0.883. The first kappa shape index (κ1) is 12.7. The molecule has 0 fully saturated rings. The van der Waals surface area contributed by atoms with Gasteiger partial charge in [0.2, 0.25) is 0 Å². The third-order valence-corrected chi connectivity index (χ3v) is 1.77. The Morgan fingerprint density at radius 2 is 1.33 bits per heavy atom. The van der Waals surface area contributed by atoms with Gasteiger partial charge in [-0.1, -0.05) is 0 Å². The van der Waals surface area contributed by atoms with Crippen LogP contribution in [0, 0.1) is 0 Å². The summed E-state index contributed by atoms with van der Waals surface area (Å²) in [5, 5.41) is 0. The minimum absolute atomic E-state index is 0. The van der Waals surface area contributed by atoms with Crippen molar-refractivity contribution in [1.82, 2.24) is 4.42 Å². The number of hydrogen-bond acceptors (Lipinski definition) is 1. The SMILES string of the molecule is CC(C)N(Cl)C(C)C.[H-].[H-].[Mg+2]. The summed E-state index contributed by atoms with van der Waals surface area (Å²) >= 11 is 5.78. The van der Waals surface area contributed by atoms with Crippen molar-refractivity contribution >= 4 is 34.8 Å². The normalized spacial score (nSPS) is 10.7. The Labute approximate surface area is 82.0 Å². The Hall–Kier alpha value is 1.02. The summed E-state index contributed by atoms with van der Waals surface area (Å²) < 4.78 is 1.81. The standard InChI is InChI=1S/C6H14ClN.Mg.2H/c1-5(2)8(7)6(3)4;;;/h5-6H,1-4H3;;;/q;+2;2*-1. The molecule has 0 aromatic heterocycles. The zero-order valence-corrected chi connectivity index (χ0v) is 8.86. The van der Waals surface area contributed by atoms with E-state index < -0.39 is 0 Å². The van der Waals surface area contributed by atoms with Gasteiger partial charge in [-0.25, -0.2) is 4.42 Å². The molecule has 0 N–H and O–H groups in total. The van der Waals surface area contributed by atoms with E-state index in [9.17, 15) is 0 Å². The van der Waals surface area contributed by atoms with Gasteiger partial charge in [-0.05, 0) is 39.5 Å². The molecule has 0 aromatic rings. The first-order valence-electron chi connectivity index (χ1n) is 2.99. The average Bonchev–Trinajstić information content (AvgIpc) is 1.64. The van der Waals surface area contributed by atoms with Crippen LogP contribution in [0.25, 0.3) is 0 Å². The van der Waals surface area contributed by atoms with E-state index in [1.807, 2.05) is 0 Å². The first-order valence-corrected chi connectivity index (χ1v) is 3.33. The second-order valence-electron chi connectivity index (χ2n) is 2.53. The molecule has 3 heteroatoms. The number of halogens is 1. The summed E-state index contributed by atoms with van der Waals surface area (Å²) in [5.74, 6) is 0. The second kappa shape index (κ2) is 5.78. The monoisotopic (exact) mass is 161 g/mol. The summed E-state index contributed by atoms with van der Waals surface area (Å²) in [5.41, 5.74) is 0. The topological polar surface area (TPSA) is 3.24 Å². The fraction of sp³-hybridized carbons (Fsp3) is 1.00. The predicted molar refractivity (Wildman–Crippen MR) is 45.9 cm³/mol. The molecule has 0 rings (SSSR count). The van der Waals surface area contributed by atoms with E-state index in [-0.39, 0.29) is 25.9 Å². The molecule has 0 aliphatic carbocycles. The third kappa shape index (κ3) is 5.46. The van der Waals surface area contributed by atoms with Crippen molar-refractivity contribution in [2.45, 2.75) is 39.8 Å². The molecule has 0 saturated carbocycles. The fourth-order valence-electron chi connectivity index (χ4n) is 0.596. The van der Waals surface area contributed by atoms with E-state index in [1.165, 1.54) is 0 Å². The Kier molecular flexibility index (Phi) is 8.13. The minimum atomic E-state index is 0. The van der Waals surface area contributed by atoms with Crippen molar-refractivity contribution in [3.8, 4) is 0 Å². The number of nitrogens with zero attached hydrogens (tertiary/aromatic N) is 1. The molecule has 0 unspecified atom stereocenters. The van der Waals surface area contributed by atoms with E-state index in [2.05, 4.69) is 27.7 Å². The van der Waals surface area contributed by atoms with E-state index in [0.717, 1.165) is 0 Å². The van der Waals surface area contributed by atoms with Crippen LogP contribution in [-0.2, 0) is 0 Å². The average molecular weight is 162 g/mol. The molecule has 0 amide bonds. The second-order valence-corrected chi connectivity index (χ2v) is 2.92. The van der Waals surface area contributed by atoms with Crippen LogP contribution in [0.2, 0.25) is 0 Å². The Balaban J connectivity index is -0.0000000817. The molecule has 0 spiro atoms. The largest absolute Gasteiger partial charge is 2.00 e. The van der Waals surface area contributed by atoms with Gasteiger partial charge in [-0.2, -0.15) is 0 Å². The predicted octanol–water partition coefficient (Wildman–Crippen LogP) is 2.10. The van der Waals surface area contributed by atoms with Crippen LogP contribution < -0.4 is 0 Å². The molecule has 1 nitrogen and oxygen atoms in total. The molecule has 54 valence electrons. The van der Waals surface area contributed by atoms with Gasteiger partial charge in [0.05, 0.1) is 0 Å². The molecule has 0 heterocycles. The molecule has 0 aliphatic heterocycles. The Morgan fingerprint density at radius 3 is 1.33 bits per heavy atom. The minimum Gasteiger partial charge on any atom is -1.00 e. The van der Waals surface area contributed by atoms with E-state index in [1.54, 1.807) is 4.42 Å². The van der Waals surface area contributed by atoms with Crippen LogP contribution in [0.3, 0.4) is 0 Å². The van der Waals surface area contributed by atoms with E-state index in [0.29, 0.717) is 12.1 Å². The molecule has 0 aliphatic rings. The van der Waals surface area contributed by atoms with Crippen molar-refractivity contribution in [3.05, 3.63) is 0 Å². The van der Waals surface area contributed by atoms with Crippen LogP contribution in [0.1, 0.15) is 30.5 Å². The van der Waals surface area contributed by atoms with Crippen molar-refractivity contribution in [1.29, 1.82) is 0 Å². The molecule has 0 atom stereocenters. The smallest absolute Gasteiger partial charge is 1.00 e. The van der Waals surface area contributed by atoms with Crippen LogP contribution in [0.5, 0.6) is 0 Å². The molecular formula is C6H16ClMgN. The molecule has 0 saturated heterocycles. The Morgan fingerprint density at radius 1 is 1.11 bits per heavy atom. The summed E-state index contributed by atoms with van der Waals surface area (Å²) in [6.07, 6.45) is 0. The van der Waals surface area contributed by atoms with E-state index in [4.69, 9.17) is 11.8 Å². The fourth-order valence-corrected chi connectivity index (χ4v) is 0.596. The van der Waals surface area contributed by atoms with Crippen molar-refractivity contribution in [2.75, 3.05) is 0 Å². The summed E-state index contributed by atoms with van der Waals surface area (Å²) in [6.45, 7) is 8.31. The zero-order valence-electron chi connectivity index (χ0n) is 8.69. The summed E-state index contributed by atoms with van der Waals surface area (Å²) in [4.78, 5) is 0. The van der Waals surface area contributed by atoms with Gasteiger partial charge < -0.3 is 2.85 Å². The van der Waals surface area contributed by atoms with Gasteiger partial charge in [0.25, 0.3) is 0 Å². The van der Waals surface area contributed by atoms with Gasteiger partial charge in [0.15, 0.2) is 0 Å². The van der Waals surface area contributed by atoms with Crippen LogP contribution >= 0.6 is 11.8 Å². The van der Waals surface area contributed by atoms with Gasteiger partial charge >= 0.3 is 23.1 Å². The van der Waals surface area contributed by atoms with Crippen molar-refractivity contribution in [2.24, 2.45) is 0 Å². The van der Waals surface area contributed by atoms with Gasteiger partial charge in [0, 0.05) is 12.1 Å². The van der Waals surface area contributed by atoms with Gasteiger partial charge in [-0.15, -0.1) is 0 Å². The maximum Gasteiger partial charge on any atom is 2.00 e. The first-order chi connectivity index (χ1) is 3.55. The van der Waals surface area contributed by atoms with Gasteiger partial charge in [-0.3, -0.25) is 0 Å². The summed E-state index contributed by atoms with van der Waals surface area (Å²) in [7, 11) is 0. The third-order valence-electron chi connectivity index (χ3n) is 0.987. The molecule has 0 radical (unpaired) electrons. The Bertz CT molecular complexity index is 65.6. The molecule has 9 heavy (non-hydrogen) atoms. The van der Waals surface area contributed by atoms with E-state index >= 15 is 0 Å². The van der Waals surface area contributed by atoms with Crippen LogP contribution in [0.15, 0.2) is 0 Å². The maximum absolute atomic E-state index is 5.78. The molecule has 0 bridgehead atoms. The number of hydrogen-bond donors (Lipinski definition) is 0. The van der Waals surface area contributed by atoms with Gasteiger partial charge in [0.1, 0.15) is 0 Å². The van der Waals surface area contributed by atoms with Crippen molar-refractivity contribution in [3.63, 3.8) is 0 Å². The quantitative estimate of drug-likeness (QED) is 0.443. The zero-order chi connectivity index (χ0) is 6.73. The van der Waals surface area contributed by atoms with Crippen LogP contribution in [0.4, 0.5) is 0 Å².